The van der Waals surface area contributed by atoms with Crippen LogP contribution in [0, 0.1) is 6.92 Å². The van der Waals surface area contributed by atoms with E-state index >= 15 is 0 Å². The second kappa shape index (κ2) is 6.04. The van der Waals surface area contributed by atoms with Crippen molar-refractivity contribution in [1.82, 2.24) is 5.32 Å². The Labute approximate surface area is 115 Å². The lowest BCUT2D eigenvalue weighted by atomic mass is 9.74. The summed E-state index contributed by atoms with van der Waals surface area (Å²) in [6.07, 6.45) is 2.74. The Bertz CT molecular complexity index is 409. The third kappa shape index (κ3) is 3.16. The van der Waals surface area contributed by atoms with Gasteiger partial charge in [0.1, 0.15) is 0 Å². The van der Waals surface area contributed by atoms with Crippen LogP contribution in [0.4, 0.5) is 0 Å². The van der Waals surface area contributed by atoms with Gasteiger partial charge in [0.05, 0.1) is 25.9 Å². The first kappa shape index (κ1) is 13.1. The quantitative estimate of drug-likeness (QED) is 0.901. The molecule has 0 spiro atoms. The minimum absolute atomic E-state index is 0.242. The molecule has 1 unspecified atom stereocenters. The summed E-state index contributed by atoms with van der Waals surface area (Å²) in [5, 5.41) is 3.60. The van der Waals surface area contributed by atoms with Gasteiger partial charge in [0.2, 0.25) is 0 Å². The number of nitrogens with one attached hydrogen (secondary N) is 1. The first-order valence-electron chi connectivity index (χ1n) is 7.31. The van der Waals surface area contributed by atoms with Crippen LogP contribution in [0.15, 0.2) is 24.3 Å². The molecule has 104 valence electrons. The largest absolute Gasteiger partial charge is 0.376 e. The molecule has 2 aliphatic rings. The van der Waals surface area contributed by atoms with Crippen LogP contribution in [-0.4, -0.2) is 38.5 Å². The summed E-state index contributed by atoms with van der Waals surface area (Å²) >= 11 is 0. The molecule has 3 heteroatoms. The fraction of sp³-hybridized carbons (Fsp3) is 0.625. The lowest BCUT2D eigenvalue weighted by Crippen LogP contribution is -2.46. The first-order chi connectivity index (χ1) is 9.33. The van der Waals surface area contributed by atoms with E-state index in [1.165, 1.54) is 24.0 Å². The van der Waals surface area contributed by atoms with E-state index in [0.717, 1.165) is 32.3 Å². The van der Waals surface area contributed by atoms with Crippen LogP contribution < -0.4 is 5.32 Å². The maximum absolute atomic E-state index is 5.64. The van der Waals surface area contributed by atoms with Crippen molar-refractivity contribution in [3.63, 3.8) is 0 Å². The second-order valence-corrected chi connectivity index (χ2v) is 5.70. The van der Waals surface area contributed by atoms with Crippen LogP contribution >= 0.6 is 0 Å². The van der Waals surface area contributed by atoms with Gasteiger partial charge in [-0.3, -0.25) is 0 Å². The van der Waals surface area contributed by atoms with Crippen LogP contribution in [-0.2, 0) is 9.47 Å². The molecule has 1 aromatic carbocycles. The zero-order valence-corrected chi connectivity index (χ0v) is 11.6. The molecule has 1 saturated carbocycles. The summed E-state index contributed by atoms with van der Waals surface area (Å²) in [6.45, 7) is 5.35. The number of hydrogen-bond donors (Lipinski definition) is 1. The summed E-state index contributed by atoms with van der Waals surface area (Å²) in [5.74, 6) is 0.738. The van der Waals surface area contributed by atoms with Crippen molar-refractivity contribution in [3.8, 4) is 0 Å². The molecular formula is C16H23NO2. The van der Waals surface area contributed by atoms with Gasteiger partial charge >= 0.3 is 0 Å². The highest BCUT2D eigenvalue weighted by molar-refractivity contribution is 5.31. The molecule has 1 atom stereocenters. The average Bonchev–Trinajstić information content (AvgIpc) is 2.40. The SMILES string of the molecule is Cc1ccccc1C1CC(NCC2COCCO2)C1. The lowest BCUT2D eigenvalue weighted by Gasteiger charge is -2.38. The van der Waals surface area contributed by atoms with Crippen LogP contribution in [0.5, 0.6) is 0 Å². The predicted molar refractivity (Wildman–Crippen MR) is 75.5 cm³/mol. The molecule has 2 fully saturated rings. The van der Waals surface area contributed by atoms with Gasteiger partial charge in [0.15, 0.2) is 0 Å². The lowest BCUT2D eigenvalue weighted by molar-refractivity contribution is -0.0878. The monoisotopic (exact) mass is 261 g/mol. The smallest absolute Gasteiger partial charge is 0.0933 e. The Balaban J connectivity index is 1.42. The van der Waals surface area contributed by atoms with Crippen LogP contribution in [0.1, 0.15) is 29.9 Å². The van der Waals surface area contributed by atoms with Crippen LogP contribution in [0.2, 0.25) is 0 Å². The molecule has 0 aromatic heterocycles. The Morgan fingerprint density at radius 3 is 2.79 bits per heavy atom. The van der Waals surface area contributed by atoms with Gasteiger partial charge in [-0.05, 0) is 36.8 Å². The van der Waals surface area contributed by atoms with Crippen molar-refractivity contribution < 1.29 is 9.47 Å². The predicted octanol–water partition coefficient (Wildman–Crippen LogP) is 2.25. The maximum atomic E-state index is 5.64. The number of rotatable bonds is 4. The normalized spacial score (nSPS) is 30.9. The number of aryl methyl sites for hydroxylation is 1. The zero-order chi connectivity index (χ0) is 13.1. The molecule has 1 aromatic rings. The van der Waals surface area contributed by atoms with Crippen molar-refractivity contribution in [2.75, 3.05) is 26.4 Å². The fourth-order valence-corrected chi connectivity index (χ4v) is 3.04. The van der Waals surface area contributed by atoms with Gasteiger partial charge in [-0.2, -0.15) is 0 Å². The summed E-state index contributed by atoms with van der Waals surface area (Å²) < 4.78 is 11.0. The third-order valence-corrected chi connectivity index (χ3v) is 4.29. The van der Waals surface area contributed by atoms with Crippen molar-refractivity contribution in [2.45, 2.75) is 37.8 Å². The summed E-state index contributed by atoms with van der Waals surface area (Å²) in [7, 11) is 0. The van der Waals surface area contributed by atoms with Crippen LogP contribution in [0.3, 0.4) is 0 Å². The zero-order valence-electron chi connectivity index (χ0n) is 11.6. The summed E-state index contributed by atoms with van der Waals surface area (Å²) in [6, 6.07) is 9.40. The average molecular weight is 261 g/mol. The van der Waals surface area contributed by atoms with Gasteiger partial charge in [0, 0.05) is 12.6 Å². The highest BCUT2D eigenvalue weighted by atomic mass is 16.6. The van der Waals surface area contributed by atoms with E-state index in [-0.39, 0.29) is 6.10 Å². The highest BCUT2D eigenvalue weighted by Gasteiger charge is 2.31. The van der Waals surface area contributed by atoms with Crippen molar-refractivity contribution in [2.24, 2.45) is 0 Å². The van der Waals surface area contributed by atoms with Crippen molar-refractivity contribution in [1.29, 1.82) is 0 Å². The molecule has 1 aliphatic carbocycles. The van der Waals surface area contributed by atoms with E-state index in [1.807, 2.05) is 0 Å². The Morgan fingerprint density at radius 1 is 1.21 bits per heavy atom. The molecule has 1 aliphatic heterocycles. The molecule has 3 nitrogen and oxygen atoms in total. The van der Waals surface area contributed by atoms with Gasteiger partial charge in [-0.1, -0.05) is 24.3 Å². The van der Waals surface area contributed by atoms with Gasteiger partial charge in [-0.15, -0.1) is 0 Å². The van der Waals surface area contributed by atoms with Gasteiger partial charge < -0.3 is 14.8 Å². The fourth-order valence-electron chi connectivity index (χ4n) is 3.04. The minimum atomic E-state index is 0.242. The van der Waals surface area contributed by atoms with E-state index in [9.17, 15) is 0 Å². The van der Waals surface area contributed by atoms with E-state index in [0.29, 0.717) is 6.04 Å². The molecule has 0 radical (unpaired) electrons. The van der Waals surface area contributed by atoms with E-state index in [4.69, 9.17) is 9.47 Å². The summed E-state index contributed by atoms with van der Waals surface area (Å²) in [5.41, 5.74) is 2.95. The Hall–Kier alpha value is -0.900. The minimum Gasteiger partial charge on any atom is -0.376 e. The molecule has 1 N–H and O–H groups in total. The van der Waals surface area contributed by atoms with E-state index in [2.05, 4.69) is 36.5 Å². The molecule has 3 rings (SSSR count). The highest BCUT2D eigenvalue weighted by Crippen LogP contribution is 2.38. The maximum Gasteiger partial charge on any atom is 0.0933 e. The standard InChI is InChI=1S/C16H23NO2/c1-12-4-2-3-5-16(12)13-8-14(9-13)17-10-15-11-18-6-7-19-15/h2-5,13-15,17H,6-11H2,1H3. The topological polar surface area (TPSA) is 30.5 Å². The molecule has 19 heavy (non-hydrogen) atoms. The van der Waals surface area contributed by atoms with E-state index in [1.54, 1.807) is 0 Å². The number of hydrogen-bond acceptors (Lipinski definition) is 3. The van der Waals surface area contributed by atoms with Crippen molar-refractivity contribution in [3.05, 3.63) is 35.4 Å². The number of benzene rings is 1. The van der Waals surface area contributed by atoms with Gasteiger partial charge in [-0.25, -0.2) is 0 Å². The first-order valence-corrected chi connectivity index (χ1v) is 7.31. The molecule has 1 heterocycles. The second-order valence-electron chi connectivity index (χ2n) is 5.70. The van der Waals surface area contributed by atoms with Crippen LogP contribution in [0.25, 0.3) is 0 Å². The van der Waals surface area contributed by atoms with Gasteiger partial charge in [0.25, 0.3) is 0 Å². The number of ether oxygens (including phenoxy) is 2. The Kier molecular flexibility index (Phi) is 4.16. The van der Waals surface area contributed by atoms with E-state index < -0.39 is 0 Å². The summed E-state index contributed by atoms with van der Waals surface area (Å²) in [4.78, 5) is 0. The molecule has 0 bridgehead atoms. The van der Waals surface area contributed by atoms with Crippen molar-refractivity contribution >= 4 is 0 Å². The third-order valence-electron chi connectivity index (χ3n) is 4.29. The molecule has 1 saturated heterocycles. The molecular weight excluding hydrogens is 238 g/mol. The molecule has 0 amide bonds. The Morgan fingerprint density at radius 2 is 2.05 bits per heavy atom.